The van der Waals surface area contributed by atoms with Crippen LogP contribution in [-0.2, 0) is 4.79 Å². The fourth-order valence-corrected chi connectivity index (χ4v) is 4.64. The summed E-state index contributed by atoms with van der Waals surface area (Å²) in [4.78, 5) is 11.0. The topological polar surface area (TPSA) is 17.1 Å². The molecule has 2 bridgehead atoms. The quantitative estimate of drug-likeness (QED) is 0.698. The molecule has 2 fully saturated rings. The summed E-state index contributed by atoms with van der Waals surface area (Å²) < 4.78 is 0. The number of hydrogen-bond donors (Lipinski definition) is 0. The Labute approximate surface area is 91.0 Å². The highest BCUT2D eigenvalue weighted by molar-refractivity contribution is 8.13. The van der Waals surface area contributed by atoms with Crippen molar-refractivity contribution in [1.29, 1.82) is 0 Å². The van der Waals surface area contributed by atoms with E-state index in [1.807, 2.05) is 0 Å². The SMILES string of the molecule is CC(=O)SCC1[C@H]2CC[C@H](C2)C1(C)C. The van der Waals surface area contributed by atoms with Gasteiger partial charge >= 0.3 is 0 Å². The highest BCUT2D eigenvalue weighted by Gasteiger charge is 2.52. The van der Waals surface area contributed by atoms with Gasteiger partial charge in [-0.05, 0) is 42.4 Å². The van der Waals surface area contributed by atoms with E-state index in [9.17, 15) is 4.79 Å². The van der Waals surface area contributed by atoms with Crippen LogP contribution < -0.4 is 0 Å². The first-order valence-corrected chi connectivity index (χ1v) is 6.63. The van der Waals surface area contributed by atoms with E-state index in [1.165, 1.54) is 31.0 Å². The highest BCUT2D eigenvalue weighted by atomic mass is 32.2. The smallest absolute Gasteiger partial charge is 0.185 e. The van der Waals surface area contributed by atoms with Crippen LogP contribution in [0, 0.1) is 23.2 Å². The Morgan fingerprint density at radius 1 is 1.43 bits per heavy atom. The van der Waals surface area contributed by atoms with E-state index in [-0.39, 0.29) is 5.12 Å². The Kier molecular flexibility index (Phi) is 2.67. The molecule has 2 aliphatic carbocycles. The Morgan fingerprint density at radius 3 is 2.64 bits per heavy atom. The van der Waals surface area contributed by atoms with Crippen molar-refractivity contribution in [2.45, 2.75) is 40.0 Å². The molecule has 0 aromatic carbocycles. The summed E-state index contributed by atoms with van der Waals surface area (Å²) in [6.07, 6.45) is 4.27. The molecular formula is C12H20OS. The molecule has 1 nitrogen and oxygen atoms in total. The Balaban J connectivity index is 2.01. The maximum absolute atomic E-state index is 11.0. The summed E-state index contributed by atoms with van der Waals surface area (Å²) in [5.41, 5.74) is 0.491. The number of carbonyl (C=O) groups is 1. The minimum Gasteiger partial charge on any atom is -0.288 e. The predicted molar refractivity (Wildman–Crippen MR) is 61.2 cm³/mol. The van der Waals surface area contributed by atoms with E-state index in [4.69, 9.17) is 0 Å². The lowest BCUT2D eigenvalue weighted by atomic mass is 9.69. The molecule has 0 aromatic heterocycles. The second-order valence-corrected chi connectivity index (χ2v) is 6.70. The van der Waals surface area contributed by atoms with Crippen molar-refractivity contribution in [3.8, 4) is 0 Å². The van der Waals surface area contributed by atoms with Gasteiger partial charge in [-0.2, -0.15) is 0 Å². The van der Waals surface area contributed by atoms with E-state index in [1.54, 1.807) is 6.92 Å². The summed E-state index contributed by atoms with van der Waals surface area (Å²) in [5.74, 6) is 3.70. The molecule has 0 radical (unpaired) electrons. The first-order chi connectivity index (χ1) is 6.51. The van der Waals surface area contributed by atoms with Crippen LogP contribution in [0.25, 0.3) is 0 Å². The summed E-state index contributed by atoms with van der Waals surface area (Å²) in [7, 11) is 0. The van der Waals surface area contributed by atoms with Crippen LogP contribution >= 0.6 is 11.8 Å². The molecule has 2 heteroatoms. The largest absolute Gasteiger partial charge is 0.288 e. The molecule has 0 spiro atoms. The monoisotopic (exact) mass is 212 g/mol. The number of fused-ring (bicyclic) bond motifs is 2. The van der Waals surface area contributed by atoms with Gasteiger partial charge in [0.15, 0.2) is 5.12 Å². The van der Waals surface area contributed by atoms with Gasteiger partial charge in [-0.15, -0.1) is 0 Å². The van der Waals surface area contributed by atoms with Crippen LogP contribution in [0.3, 0.4) is 0 Å². The molecule has 80 valence electrons. The van der Waals surface area contributed by atoms with Crippen molar-refractivity contribution in [3.05, 3.63) is 0 Å². The van der Waals surface area contributed by atoms with E-state index < -0.39 is 0 Å². The van der Waals surface area contributed by atoms with Gasteiger partial charge < -0.3 is 0 Å². The lowest BCUT2D eigenvalue weighted by molar-refractivity contribution is -0.109. The van der Waals surface area contributed by atoms with Crippen LogP contribution in [0.4, 0.5) is 0 Å². The van der Waals surface area contributed by atoms with Gasteiger partial charge in [-0.1, -0.05) is 25.6 Å². The zero-order valence-electron chi connectivity index (χ0n) is 9.38. The average Bonchev–Trinajstić information content (AvgIpc) is 2.59. The molecule has 1 unspecified atom stereocenters. The van der Waals surface area contributed by atoms with E-state index in [0.717, 1.165) is 23.5 Å². The molecule has 14 heavy (non-hydrogen) atoms. The van der Waals surface area contributed by atoms with Crippen LogP contribution in [0.5, 0.6) is 0 Å². The second-order valence-electron chi connectivity index (χ2n) is 5.50. The second kappa shape index (κ2) is 3.55. The predicted octanol–water partition coefficient (Wildman–Crippen LogP) is 3.34. The van der Waals surface area contributed by atoms with Crippen molar-refractivity contribution in [1.82, 2.24) is 0 Å². The van der Waals surface area contributed by atoms with E-state index in [2.05, 4.69) is 13.8 Å². The number of thioether (sulfide) groups is 1. The maximum Gasteiger partial charge on any atom is 0.185 e. The third-order valence-corrected chi connectivity index (χ3v) is 5.45. The molecule has 0 saturated heterocycles. The highest BCUT2D eigenvalue weighted by Crippen LogP contribution is 2.59. The molecule has 2 rings (SSSR count). The molecule has 0 amide bonds. The average molecular weight is 212 g/mol. The normalized spacial score (nSPS) is 38.9. The van der Waals surface area contributed by atoms with Crippen LogP contribution in [-0.4, -0.2) is 10.9 Å². The lowest BCUT2D eigenvalue weighted by Crippen LogP contribution is -2.32. The molecule has 3 atom stereocenters. The lowest BCUT2D eigenvalue weighted by Gasteiger charge is -2.38. The summed E-state index contributed by atoms with van der Waals surface area (Å²) in [5, 5.41) is 0.281. The fourth-order valence-electron chi connectivity index (χ4n) is 3.53. The summed E-state index contributed by atoms with van der Waals surface area (Å²) in [6.45, 7) is 6.50. The minimum atomic E-state index is 0.281. The molecule has 0 heterocycles. The molecule has 2 aliphatic rings. The van der Waals surface area contributed by atoms with Gasteiger partial charge in [-0.3, -0.25) is 4.79 Å². The van der Waals surface area contributed by atoms with Gasteiger partial charge in [-0.25, -0.2) is 0 Å². The van der Waals surface area contributed by atoms with Crippen LogP contribution in [0.15, 0.2) is 0 Å². The number of rotatable bonds is 2. The first kappa shape index (κ1) is 10.5. The van der Waals surface area contributed by atoms with E-state index in [0.29, 0.717) is 5.41 Å². The third kappa shape index (κ3) is 1.62. The van der Waals surface area contributed by atoms with Gasteiger partial charge in [0.1, 0.15) is 0 Å². The van der Waals surface area contributed by atoms with Gasteiger partial charge in [0.2, 0.25) is 0 Å². The molecule has 0 N–H and O–H groups in total. The van der Waals surface area contributed by atoms with Crippen molar-refractivity contribution >= 4 is 16.9 Å². The van der Waals surface area contributed by atoms with Crippen LogP contribution in [0.2, 0.25) is 0 Å². The maximum atomic E-state index is 11.0. The molecule has 2 saturated carbocycles. The number of carbonyl (C=O) groups excluding carboxylic acids is 1. The minimum absolute atomic E-state index is 0.281. The Morgan fingerprint density at radius 2 is 2.14 bits per heavy atom. The standard InChI is InChI=1S/C12H20OS/c1-8(13)14-7-11-9-4-5-10(6-9)12(11,2)3/h9-11H,4-7H2,1-3H3/t9-,10+,11?/m0/s1. The van der Waals surface area contributed by atoms with E-state index >= 15 is 0 Å². The van der Waals surface area contributed by atoms with Crippen molar-refractivity contribution in [3.63, 3.8) is 0 Å². The summed E-state index contributed by atoms with van der Waals surface area (Å²) >= 11 is 1.53. The zero-order valence-corrected chi connectivity index (χ0v) is 10.2. The summed E-state index contributed by atoms with van der Waals surface area (Å²) in [6, 6.07) is 0. The van der Waals surface area contributed by atoms with Crippen molar-refractivity contribution < 1.29 is 4.79 Å². The Hall–Kier alpha value is 0.0200. The zero-order chi connectivity index (χ0) is 10.3. The molecule has 0 aromatic rings. The number of hydrogen-bond acceptors (Lipinski definition) is 2. The van der Waals surface area contributed by atoms with Gasteiger partial charge in [0.05, 0.1) is 0 Å². The third-order valence-electron chi connectivity index (χ3n) is 4.52. The first-order valence-electron chi connectivity index (χ1n) is 5.65. The van der Waals surface area contributed by atoms with Gasteiger partial charge in [0, 0.05) is 12.7 Å². The molecule has 0 aliphatic heterocycles. The Bertz CT molecular complexity index is 247. The van der Waals surface area contributed by atoms with Gasteiger partial charge in [0.25, 0.3) is 0 Å². The van der Waals surface area contributed by atoms with Crippen molar-refractivity contribution in [2.24, 2.45) is 23.2 Å². The fraction of sp³-hybridized carbons (Fsp3) is 0.917. The van der Waals surface area contributed by atoms with Crippen LogP contribution in [0.1, 0.15) is 40.0 Å². The van der Waals surface area contributed by atoms with Crippen molar-refractivity contribution in [2.75, 3.05) is 5.75 Å². The molecular weight excluding hydrogens is 192 g/mol.